The van der Waals surface area contributed by atoms with E-state index in [1.807, 2.05) is 36.9 Å². The Labute approximate surface area is 102 Å². The highest BCUT2D eigenvalue weighted by Gasteiger charge is 2.23. The van der Waals surface area contributed by atoms with Crippen LogP contribution in [0.1, 0.15) is 34.3 Å². The van der Waals surface area contributed by atoms with Gasteiger partial charge in [0.2, 0.25) is 0 Å². The largest absolute Gasteiger partial charge is 0.393 e. The lowest BCUT2D eigenvalue weighted by Gasteiger charge is -2.30. The molecule has 0 bridgehead atoms. The van der Waals surface area contributed by atoms with Crippen molar-refractivity contribution in [3.05, 3.63) is 34.9 Å². The molecule has 3 heteroatoms. The Morgan fingerprint density at radius 1 is 1.29 bits per heavy atom. The lowest BCUT2D eigenvalue weighted by molar-refractivity contribution is 0.0546. The number of hydrogen-bond donors (Lipinski definition) is 1. The van der Waals surface area contributed by atoms with Gasteiger partial charge in [0, 0.05) is 18.7 Å². The smallest absolute Gasteiger partial charge is 0.254 e. The Morgan fingerprint density at radius 3 is 2.59 bits per heavy atom. The van der Waals surface area contributed by atoms with Crippen molar-refractivity contribution in [1.29, 1.82) is 0 Å². The first kappa shape index (κ1) is 12.1. The lowest BCUT2D eigenvalue weighted by Crippen LogP contribution is -2.40. The summed E-state index contributed by atoms with van der Waals surface area (Å²) in [5.74, 6) is 0.0955. The summed E-state index contributed by atoms with van der Waals surface area (Å²) in [7, 11) is 0. The van der Waals surface area contributed by atoms with Crippen LogP contribution in [0, 0.1) is 13.8 Å². The molecule has 1 aromatic carbocycles. The maximum Gasteiger partial charge on any atom is 0.254 e. The summed E-state index contributed by atoms with van der Waals surface area (Å²) in [6, 6.07) is 5.83. The number of aryl methyl sites for hydroxylation is 1. The number of amides is 1. The van der Waals surface area contributed by atoms with E-state index in [1.54, 1.807) is 0 Å². The van der Waals surface area contributed by atoms with E-state index in [-0.39, 0.29) is 12.0 Å². The normalized spacial score (nSPS) is 17.2. The van der Waals surface area contributed by atoms with Gasteiger partial charge in [0.05, 0.1) is 6.10 Å². The summed E-state index contributed by atoms with van der Waals surface area (Å²) in [5, 5.41) is 9.44. The number of rotatable bonds is 1. The molecule has 1 saturated heterocycles. The summed E-state index contributed by atoms with van der Waals surface area (Å²) >= 11 is 0. The fourth-order valence-electron chi connectivity index (χ4n) is 2.22. The van der Waals surface area contributed by atoms with E-state index < -0.39 is 0 Å². The fourth-order valence-corrected chi connectivity index (χ4v) is 2.22. The second-order valence-corrected chi connectivity index (χ2v) is 4.77. The molecule has 1 heterocycles. The zero-order chi connectivity index (χ0) is 12.4. The highest BCUT2D eigenvalue weighted by molar-refractivity contribution is 5.96. The van der Waals surface area contributed by atoms with Gasteiger partial charge in [0.1, 0.15) is 0 Å². The van der Waals surface area contributed by atoms with Crippen LogP contribution in [-0.2, 0) is 0 Å². The number of carbonyl (C=O) groups excluding carboxylic acids is 1. The average Bonchev–Trinajstić information content (AvgIpc) is 2.33. The van der Waals surface area contributed by atoms with Crippen LogP contribution in [0.3, 0.4) is 0 Å². The van der Waals surface area contributed by atoms with E-state index in [9.17, 15) is 9.90 Å². The Hall–Kier alpha value is -1.35. The molecule has 3 nitrogen and oxygen atoms in total. The van der Waals surface area contributed by atoms with Crippen molar-refractivity contribution >= 4 is 5.91 Å². The van der Waals surface area contributed by atoms with Crippen LogP contribution in [0.4, 0.5) is 0 Å². The minimum atomic E-state index is -0.238. The average molecular weight is 233 g/mol. The van der Waals surface area contributed by atoms with Crippen LogP contribution in [0.25, 0.3) is 0 Å². The monoisotopic (exact) mass is 233 g/mol. The Balaban J connectivity index is 2.17. The molecule has 0 spiro atoms. The third kappa shape index (κ3) is 2.50. The molecule has 0 radical (unpaired) electrons. The Morgan fingerprint density at radius 2 is 1.94 bits per heavy atom. The van der Waals surface area contributed by atoms with Gasteiger partial charge in [-0.2, -0.15) is 0 Å². The molecule has 1 aliphatic rings. The number of benzene rings is 1. The van der Waals surface area contributed by atoms with Crippen LogP contribution in [0.15, 0.2) is 18.2 Å². The fraction of sp³-hybridized carbons (Fsp3) is 0.500. The van der Waals surface area contributed by atoms with Crippen molar-refractivity contribution in [2.24, 2.45) is 0 Å². The number of likely N-dealkylation sites (tertiary alicyclic amines) is 1. The van der Waals surface area contributed by atoms with Crippen LogP contribution in [-0.4, -0.2) is 35.1 Å². The van der Waals surface area contributed by atoms with Crippen molar-refractivity contribution in [2.45, 2.75) is 32.8 Å². The van der Waals surface area contributed by atoms with Gasteiger partial charge in [-0.15, -0.1) is 0 Å². The molecule has 0 unspecified atom stereocenters. The lowest BCUT2D eigenvalue weighted by atomic mass is 10.0. The molecule has 1 amide bonds. The van der Waals surface area contributed by atoms with Crippen molar-refractivity contribution < 1.29 is 9.90 Å². The summed E-state index contributed by atoms with van der Waals surface area (Å²) in [5.41, 5.74) is 3.00. The van der Waals surface area contributed by atoms with Gasteiger partial charge in [0.15, 0.2) is 0 Å². The molecular formula is C14H19NO2. The van der Waals surface area contributed by atoms with Gasteiger partial charge in [0.25, 0.3) is 5.91 Å². The summed E-state index contributed by atoms with van der Waals surface area (Å²) in [4.78, 5) is 14.2. The van der Waals surface area contributed by atoms with Crippen molar-refractivity contribution in [3.63, 3.8) is 0 Å². The van der Waals surface area contributed by atoms with Crippen molar-refractivity contribution in [2.75, 3.05) is 13.1 Å². The minimum Gasteiger partial charge on any atom is -0.393 e. The summed E-state index contributed by atoms with van der Waals surface area (Å²) in [6.45, 7) is 5.33. The SMILES string of the molecule is Cc1cccc(C(=O)N2CCC(O)CC2)c1C. The van der Waals surface area contributed by atoms with Gasteiger partial charge in [-0.3, -0.25) is 4.79 Å². The number of piperidine rings is 1. The number of carbonyl (C=O) groups is 1. The molecule has 0 saturated carbocycles. The third-order valence-electron chi connectivity index (χ3n) is 3.59. The van der Waals surface area contributed by atoms with Crippen LogP contribution >= 0.6 is 0 Å². The molecule has 1 aliphatic heterocycles. The van der Waals surface area contributed by atoms with Crippen LogP contribution < -0.4 is 0 Å². The highest BCUT2D eigenvalue weighted by Crippen LogP contribution is 2.18. The van der Waals surface area contributed by atoms with Gasteiger partial charge in [-0.1, -0.05) is 12.1 Å². The number of nitrogens with zero attached hydrogens (tertiary/aromatic N) is 1. The molecule has 0 aromatic heterocycles. The van der Waals surface area contributed by atoms with Gasteiger partial charge in [-0.25, -0.2) is 0 Å². The first-order valence-electron chi connectivity index (χ1n) is 6.13. The predicted molar refractivity (Wildman–Crippen MR) is 67.1 cm³/mol. The molecular weight excluding hydrogens is 214 g/mol. The van der Waals surface area contributed by atoms with Gasteiger partial charge < -0.3 is 10.0 Å². The van der Waals surface area contributed by atoms with Crippen LogP contribution in [0.5, 0.6) is 0 Å². The second kappa shape index (κ2) is 4.88. The van der Waals surface area contributed by atoms with Gasteiger partial charge in [-0.05, 0) is 43.9 Å². The standard InChI is InChI=1S/C14H19NO2/c1-10-4-3-5-13(11(10)2)14(17)15-8-6-12(16)7-9-15/h3-5,12,16H,6-9H2,1-2H3. The van der Waals surface area contributed by atoms with E-state index >= 15 is 0 Å². The van der Waals surface area contributed by atoms with E-state index in [2.05, 4.69) is 0 Å². The van der Waals surface area contributed by atoms with E-state index in [4.69, 9.17) is 0 Å². The quantitative estimate of drug-likeness (QED) is 0.804. The Kier molecular flexibility index (Phi) is 3.48. The third-order valence-corrected chi connectivity index (χ3v) is 3.59. The summed E-state index contributed by atoms with van der Waals surface area (Å²) < 4.78 is 0. The summed E-state index contributed by atoms with van der Waals surface area (Å²) in [6.07, 6.45) is 1.14. The molecule has 1 fully saturated rings. The van der Waals surface area contributed by atoms with E-state index in [1.165, 1.54) is 0 Å². The zero-order valence-electron chi connectivity index (χ0n) is 10.4. The first-order chi connectivity index (χ1) is 8.09. The molecule has 1 aromatic rings. The maximum absolute atomic E-state index is 12.3. The van der Waals surface area contributed by atoms with E-state index in [0.29, 0.717) is 25.9 Å². The van der Waals surface area contributed by atoms with E-state index in [0.717, 1.165) is 16.7 Å². The Bertz CT molecular complexity index is 420. The minimum absolute atomic E-state index is 0.0955. The molecule has 17 heavy (non-hydrogen) atoms. The number of hydrogen-bond acceptors (Lipinski definition) is 2. The molecule has 2 rings (SSSR count). The molecule has 0 atom stereocenters. The zero-order valence-corrected chi connectivity index (χ0v) is 10.4. The molecule has 1 N–H and O–H groups in total. The van der Waals surface area contributed by atoms with Crippen molar-refractivity contribution in [3.8, 4) is 0 Å². The second-order valence-electron chi connectivity index (χ2n) is 4.77. The molecule has 92 valence electrons. The van der Waals surface area contributed by atoms with Crippen LogP contribution in [0.2, 0.25) is 0 Å². The maximum atomic E-state index is 12.3. The number of aliphatic hydroxyl groups is 1. The highest BCUT2D eigenvalue weighted by atomic mass is 16.3. The predicted octanol–water partition coefficient (Wildman–Crippen LogP) is 1.90. The van der Waals surface area contributed by atoms with Gasteiger partial charge >= 0.3 is 0 Å². The number of aliphatic hydroxyl groups excluding tert-OH is 1. The molecule has 0 aliphatic carbocycles. The van der Waals surface area contributed by atoms with Crippen molar-refractivity contribution in [1.82, 2.24) is 4.90 Å². The first-order valence-corrected chi connectivity index (χ1v) is 6.13. The topological polar surface area (TPSA) is 40.5 Å².